The zero-order valence-electron chi connectivity index (χ0n) is 51.5. The first kappa shape index (κ1) is 74.3. The van der Waals surface area contributed by atoms with Crippen molar-refractivity contribution < 1.29 is 24.5 Å². The molecule has 0 spiro atoms. The molecule has 0 aromatic heterocycles. The third-order valence-electron chi connectivity index (χ3n) is 16.2. The number of aliphatic hydroxyl groups is 2. The Hall–Kier alpha value is -1.66. The second kappa shape index (κ2) is 65.9. The van der Waals surface area contributed by atoms with Crippen molar-refractivity contribution in [3.63, 3.8) is 0 Å². The molecule has 6 nitrogen and oxygen atoms in total. The van der Waals surface area contributed by atoms with Crippen LogP contribution in [-0.4, -0.2) is 47.4 Å². The average molecular weight is 1070 g/mol. The molecule has 76 heavy (non-hydrogen) atoms. The normalized spacial score (nSPS) is 12.6. The van der Waals surface area contributed by atoms with Crippen LogP contribution in [0, 0.1) is 0 Å². The van der Waals surface area contributed by atoms with Crippen molar-refractivity contribution in [3.8, 4) is 0 Å². The van der Waals surface area contributed by atoms with Crippen LogP contribution < -0.4 is 5.32 Å². The maximum absolute atomic E-state index is 12.5. The first-order valence-corrected chi connectivity index (χ1v) is 34.6. The lowest BCUT2D eigenvalue weighted by Gasteiger charge is -2.20. The minimum Gasteiger partial charge on any atom is -0.466 e. The second-order valence-corrected chi connectivity index (χ2v) is 23.9. The van der Waals surface area contributed by atoms with Crippen LogP contribution in [0.1, 0.15) is 386 Å². The van der Waals surface area contributed by atoms with Crippen LogP contribution in [0.4, 0.5) is 0 Å². The van der Waals surface area contributed by atoms with Crippen LogP contribution in [0.15, 0.2) is 24.3 Å². The number of unbranched alkanes of at least 4 members (excludes halogenated alkanes) is 52. The lowest BCUT2D eigenvalue weighted by Crippen LogP contribution is -2.45. The highest BCUT2D eigenvalue weighted by Crippen LogP contribution is 2.18. The molecule has 6 heteroatoms. The molecule has 0 aromatic rings. The molecule has 0 radical (unpaired) electrons. The van der Waals surface area contributed by atoms with Gasteiger partial charge in [0.25, 0.3) is 0 Å². The molecule has 0 rings (SSSR count). The quantitative estimate of drug-likeness (QED) is 0.0320. The van der Waals surface area contributed by atoms with Gasteiger partial charge < -0.3 is 20.3 Å². The number of esters is 1. The molecule has 0 fully saturated rings. The lowest BCUT2D eigenvalue weighted by molar-refractivity contribution is -0.143. The van der Waals surface area contributed by atoms with Crippen molar-refractivity contribution in [2.75, 3.05) is 13.2 Å². The molecule has 0 aliphatic rings. The Balaban J connectivity index is 3.45. The number of carbonyl (C=O) groups is 2. The fraction of sp³-hybridized carbons (Fsp3) is 0.914. The Bertz CT molecular complexity index is 1190. The Morgan fingerprint density at radius 2 is 0.618 bits per heavy atom. The number of carbonyl (C=O) groups excluding carboxylic acids is 2. The highest BCUT2D eigenvalue weighted by Gasteiger charge is 2.18. The summed E-state index contributed by atoms with van der Waals surface area (Å²) in [5, 5.41) is 23.3. The van der Waals surface area contributed by atoms with Crippen LogP contribution in [0.25, 0.3) is 0 Å². The van der Waals surface area contributed by atoms with Crippen LogP contribution in [0.3, 0.4) is 0 Å². The average Bonchev–Trinajstić information content (AvgIpc) is 3.42. The SMILES string of the molecule is CCCCCCCCCCCCCCCCCCCCCCCC/C=C/C(O)C(CO)NC(=O)CCCCCCCCC/C=C\CCCCCCCCCCCOC(=O)CCCCCCCCCCCCCCCCC. The Morgan fingerprint density at radius 3 is 0.934 bits per heavy atom. The molecule has 0 aliphatic carbocycles. The van der Waals surface area contributed by atoms with Gasteiger partial charge >= 0.3 is 5.97 Å². The summed E-state index contributed by atoms with van der Waals surface area (Å²) in [5.74, 6) is -0.0630. The van der Waals surface area contributed by atoms with Gasteiger partial charge in [-0.05, 0) is 57.8 Å². The summed E-state index contributed by atoms with van der Waals surface area (Å²) in [7, 11) is 0. The molecule has 3 N–H and O–H groups in total. The zero-order chi connectivity index (χ0) is 55.0. The van der Waals surface area contributed by atoms with Gasteiger partial charge in [-0.15, -0.1) is 0 Å². The van der Waals surface area contributed by atoms with Crippen LogP contribution in [-0.2, 0) is 14.3 Å². The first-order chi connectivity index (χ1) is 37.5. The van der Waals surface area contributed by atoms with Crippen LogP contribution >= 0.6 is 0 Å². The van der Waals surface area contributed by atoms with E-state index in [9.17, 15) is 19.8 Å². The van der Waals surface area contributed by atoms with E-state index < -0.39 is 12.1 Å². The summed E-state index contributed by atoms with van der Waals surface area (Å²) in [6.45, 7) is 4.93. The molecule has 0 bridgehead atoms. The molecule has 0 saturated carbocycles. The predicted octanol–water partition coefficient (Wildman–Crippen LogP) is 22.1. The number of hydrogen-bond acceptors (Lipinski definition) is 5. The Labute approximate surface area is 475 Å². The lowest BCUT2D eigenvalue weighted by atomic mass is 10.0. The van der Waals surface area contributed by atoms with E-state index >= 15 is 0 Å². The van der Waals surface area contributed by atoms with E-state index in [0.717, 1.165) is 44.9 Å². The summed E-state index contributed by atoms with van der Waals surface area (Å²) in [6.07, 6.45) is 82.4. The standard InChI is InChI=1S/C70H135NO5/c1-3-5-7-9-11-13-15-17-19-20-21-22-23-24-25-28-31-35-38-42-46-50-54-58-62-68(73)67(66-72)71-69(74)63-59-55-51-47-43-39-36-32-29-26-27-30-33-37-41-45-49-53-57-61-65-76-70(75)64-60-56-52-48-44-40-34-18-16-14-12-10-8-6-4-2/h26,29,58,62,67-68,72-73H,3-25,27-28,30-57,59-61,63-66H2,1-2H3,(H,71,74)/b29-26-,62-58+. The third kappa shape index (κ3) is 61.6. The fourth-order valence-corrected chi connectivity index (χ4v) is 10.9. The number of aliphatic hydroxyl groups excluding tert-OH is 2. The first-order valence-electron chi connectivity index (χ1n) is 34.6. The molecular weight excluding hydrogens is 935 g/mol. The van der Waals surface area contributed by atoms with Crippen molar-refractivity contribution in [2.24, 2.45) is 0 Å². The number of ether oxygens (including phenoxy) is 1. The number of hydrogen-bond donors (Lipinski definition) is 3. The van der Waals surface area contributed by atoms with Gasteiger partial charge in [-0.3, -0.25) is 9.59 Å². The van der Waals surface area contributed by atoms with E-state index in [4.69, 9.17) is 4.74 Å². The van der Waals surface area contributed by atoms with E-state index in [1.165, 1.54) is 315 Å². The summed E-state index contributed by atoms with van der Waals surface area (Å²) in [6, 6.07) is -0.635. The van der Waals surface area contributed by atoms with Gasteiger partial charge in [-0.2, -0.15) is 0 Å². The summed E-state index contributed by atoms with van der Waals surface area (Å²) >= 11 is 0. The molecule has 1 amide bonds. The van der Waals surface area contributed by atoms with E-state index in [1.807, 2.05) is 6.08 Å². The largest absolute Gasteiger partial charge is 0.466 e. The Morgan fingerprint density at radius 1 is 0.355 bits per heavy atom. The number of rotatable bonds is 65. The highest BCUT2D eigenvalue weighted by molar-refractivity contribution is 5.76. The molecule has 450 valence electrons. The molecule has 2 atom stereocenters. The van der Waals surface area contributed by atoms with E-state index in [0.29, 0.717) is 19.4 Å². The highest BCUT2D eigenvalue weighted by atomic mass is 16.5. The van der Waals surface area contributed by atoms with Gasteiger partial charge in [0.1, 0.15) is 0 Å². The van der Waals surface area contributed by atoms with Gasteiger partial charge in [0.2, 0.25) is 5.91 Å². The van der Waals surface area contributed by atoms with Crippen molar-refractivity contribution in [1.82, 2.24) is 5.32 Å². The summed E-state index contributed by atoms with van der Waals surface area (Å²) < 4.78 is 5.49. The van der Waals surface area contributed by atoms with E-state index in [2.05, 4.69) is 31.3 Å². The monoisotopic (exact) mass is 1070 g/mol. The van der Waals surface area contributed by atoms with Gasteiger partial charge in [0.15, 0.2) is 0 Å². The second-order valence-electron chi connectivity index (χ2n) is 23.9. The molecule has 0 saturated heterocycles. The number of amides is 1. The topological polar surface area (TPSA) is 95.9 Å². The van der Waals surface area contributed by atoms with Crippen molar-refractivity contribution in [1.29, 1.82) is 0 Å². The Kier molecular flexibility index (Phi) is 64.4. The summed E-state index contributed by atoms with van der Waals surface area (Å²) in [5.41, 5.74) is 0. The van der Waals surface area contributed by atoms with Crippen LogP contribution in [0.2, 0.25) is 0 Å². The van der Waals surface area contributed by atoms with Gasteiger partial charge in [0, 0.05) is 12.8 Å². The maximum atomic E-state index is 12.5. The van der Waals surface area contributed by atoms with E-state index in [1.54, 1.807) is 6.08 Å². The maximum Gasteiger partial charge on any atom is 0.305 e. The molecule has 0 heterocycles. The molecular formula is C70H135NO5. The molecule has 2 unspecified atom stereocenters. The minimum absolute atomic E-state index is 0.00932. The van der Waals surface area contributed by atoms with Gasteiger partial charge in [0.05, 0.1) is 25.4 Å². The third-order valence-corrected chi connectivity index (χ3v) is 16.2. The fourth-order valence-electron chi connectivity index (χ4n) is 10.9. The minimum atomic E-state index is -0.851. The number of nitrogens with one attached hydrogen (secondary N) is 1. The molecule has 0 aromatic carbocycles. The van der Waals surface area contributed by atoms with Crippen molar-refractivity contribution in [3.05, 3.63) is 24.3 Å². The van der Waals surface area contributed by atoms with Crippen LogP contribution in [0.5, 0.6) is 0 Å². The predicted molar refractivity (Wildman–Crippen MR) is 333 cm³/mol. The van der Waals surface area contributed by atoms with Crippen molar-refractivity contribution in [2.45, 2.75) is 398 Å². The zero-order valence-corrected chi connectivity index (χ0v) is 51.5. The molecule has 0 aliphatic heterocycles. The number of allylic oxidation sites excluding steroid dienone is 3. The van der Waals surface area contributed by atoms with Crippen molar-refractivity contribution >= 4 is 11.9 Å². The van der Waals surface area contributed by atoms with Gasteiger partial charge in [-0.1, -0.05) is 340 Å². The summed E-state index contributed by atoms with van der Waals surface area (Å²) in [4.78, 5) is 24.6. The van der Waals surface area contributed by atoms with Gasteiger partial charge in [-0.25, -0.2) is 0 Å². The smallest absolute Gasteiger partial charge is 0.305 e. The van der Waals surface area contributed by atoms with E-state index in [-0.39, 0.29) is 18.5 Å².